The molecule has 0 fully saturated rings. The Bertz CT molecular complexity index is 262. The van der Waals surface area contributed by atoms with E-state index in [1.54, 1.807) is 22.9 Å². The van der Waals surface area contributed by atoms with Gasteiger partial charge < -0.3 is 18.1 Å². The number of amides is 1. The molecule has 0 aliphatic rings. The van der Waals surface area contributed by atoms with E-state index < -0.39 is 5.91 Å². The molecule has 1 rings (SSSR count). The molecule has 1 amide bonds. The van der Waals surface area contributed by atoms with Crippen LogP contribution in [0, 0.1) is 0 Å². The van der Waals surface area contributed by atoms with Crippen LogP contribution in [0.25, 0.3) is 0 Å². The zero-order valence-electron chi connectivity index (χ0n) is 6.12. The van der Waals surface area contributed by atoms with Gasteiger partial charge in [-0.1, -0.05) is 0 Å². The van der Waals surface area contributed by atoms with Crippen LogP contribution in [-0.4, -0.2) is 5.91 Å². The van der Waals surface area contributed by atoms with Gasteiger partial charge >= 0.3 is 0 Å². The van der Waals surface area contributed by atoms with E-state index in [9.17, 15) is 4.79 Å². The number of carbonyl (C=O) groups is 1. The number of pyridine rings is 1. The van der Waals surface area contributed by atoms with E-state index in [0.717, 1.165) is 0 Å². The molecule has 0 bridgehead atoms. The third-order valence-electron chi connectivity index (χ3n) is 1.22. The molecule has 1 aromatic rings. The van der Waals surface area contributed by atoms with E-state index in [1.807, 2.05) is 13.2 Å². The number of hydrogen-bond acceptors (Lipinski definition) is 1. The molecule has 0 spiro atoms. The van der Waals surface area contributed by atoms with Gasteiger partial charge in [-0.3, -0.25) is 4.79 Å². The Morgan fingerprint density at radius 3 is 2.64 bits per heavy atom. The molecule has 1 heterocycles. The standard InChI is InChI=1S/C7H8N2O.ClH/c1-9-4-2-3-6(5-9)7(8)10;/h2-5H,1H3,(H-,8,10);1H. The number of primary amides is 1. The summed E-state index contributed by atoms with van der Waals surface area (Å²) in [7, 11) is 1.84. The Balaban J connectivity index is 0.000001000. The van der Waals surface area contributed by atoms with Crippen LogP contribution < -0.4 is 22.7 Å². The number of aryl methyl sites for hydroxylation is 1. The molecule has 0 atom stereocenters. The zero-order valence-corrected chi connectivity index (χ0v) is 6.88. The second-order valence-electron chi connectivity index (χ2n) is 2.12. The molecule has 2 N–H and O–H groups in total. The van der Waals surface area contributed by atoms with E-state index >= 15 is 0 Å². The lowest BCUT2D eigenvalue weighted by molar-refractivity contribution is -0.671. The number of halogens is 1. The maximum absolute atomic E-state index is 10.6. The van der Waals surface area contributed by atoms with Gasteiger partial charge in [0.25, 0.3) is 5.91 Å². The molecule has 0 aromatic carbocycles. The van der Waals surface area contributed by atoms with Crippen LogP contribution in [-0.2, 0) is 7.05 Å². The first kappa shape index (κ1) is 9.91. The Morgan fingerprint density at radius 1 is 1.64 bits per heavy atom. The van der Waals surface area contributed by atoms with Gasteiger partial charge in [0.05, 0.1) is 0 Å². The highest BCUT2D eigenvalue weighted by Gasteiger charge is 2.02. The van der Waals surface area contributed by atoms with Crippen molar-refractivity contribution in [2.45, 2.75) is 0 Å². The van der Waals surface area contributed by atoms with Crippen molar-refractivity contribution in [3.63, 3.8) is 0 Å². The lowest BCUT2D eigenvalue weighted by atomic mass is 10.3. The van der Waals surface area contributed by atoms with E-state index in [4.69, 9.17) is 5.73 Å². The van der Waals surface area contributed by atoms with Crippen LogP contribution >= 0.6 is 0 Å². The highest BCUT2D eigenvalue weighted by molar-refractivity contribution is 5.92. The fraction of sp³-hybridized carbons (Fsp3) is 0.143. The number of hydrogen-bond donors (Lipinski definition) is 1. The Morgan fingerprint density at radius 2 is 2.27 bits per heavy atom. The van der Waals surface area contributed by atoms with Crippen molar-refractivity contribution >= 4 is 5.91 Å². The SMILES string of the molecule is C[n+]1cccc(C(N)=O)c1.[Cl-]. The first-order valence-electron chi connectivity index (χ1n) is 2.95. The number of nitrogens with two attached hydrogens (primary N) is 1. The van der Waals surface area contributed by atoms with Gasteiger partial charge in [0.2, 0.25) is 0 Å². The molecular weight excluding hydrogens is 164 g/mol. The van der Waals surface area contributed by atoms with Crippen LogP contribution in [0.2, 0.25) is 0 Å². The fourth-order valence-corrected chi connectivity index (χ4v) is 0.734. The fourth-order valence-electron chi connectivity index (χ4n) is 0.734. The van der Waals surface area contributed by atoms with Crippen LogP contribution in [0.5, 0.6) is 0 Å². The predicted octanol–water partition coefficient (Wildman–Crippen LogP) is -3.39. The van der Waals surface area contributed by atoms with Gasteiger partial charge in [-0.25, -0.2) is 4.57 Å². The maximum Gasteiger partial charge on any atom is 0.254 e. The van der Waals surface area contributed by atoms with Crippen molar-refractivity contribution in [1.29, 1.82) is 0 Å². The molecule has 0 radical (unpaired) electrons. The highest BCUT2D eigenvalue weighted by atomic mass is 35.5. The minimum atomic E-state index is -0.392. The second-order valence-corrected chi connectivity index (χ2v) is 2.12. The van der Waals surface area contributed by atoms with E-state index in [0.29, 0.717) is 5.56 Å². The Kier molecular flexibility index (Phi) is 3.54. The van der Waals surface area contributed by atoms with E-state index in [-0.39, 0.29) is 12.4 Å². The number of rotatable bonds is 1. The summed E-state index contributed by atoms with van der Waals surface area (Å²) in [4.78, 5) is 10.6. The Labute approximate surface area is 71.2 Å². The molecule has 0 saturated heterocycles. The summed E-state index contributed by atoms with van der Waals surface area (Å²) in [5.41, 5.74) is 5.56. The first-order chi connectivity index (χ1) is 4.70. The third-order valence-corrected chi connectivity index (χ3v) is 1.22. The van der Waals surface area contributed by atoms with Crippen LogP contribution in [0.4, 0.5) is 0 Å². The van der Waals surface area contributed by atoms with Gasteiger partial charge in [-0.15, -0.1) is 0 Å². The average molecular weight is 173 g/mol. The smallest absolute Gasteiger partial charge is 0.254 e. The van der Waals surface area contributed by atoms with Crippen LogP contribution in [0.3, 0.4) is 0 Å². The van der Waals surface area contributed by atoms with Crippen molar-refractivity contribution in [2.24, 2.45) is 12.8 Å². The normalized spacial score (nSPS) is 8.45. The second kappa shape index (κ2) is 3.93. The maximum atomic E-state index is 10.6. The van der Waals surface area contributed by atoms with Crippen molar-refractivity contribution in [1.82, 2.24) is 0 Å². The summed E-state index contributed by atoms with van der Waals surface area (Å²) in [6, 6.07) is 3.46. The molecular formula is C7H9ClN2O. The summed E-state index contributed by atoms with van der Waals surface area (Å²) in [6.07, 6.45) is 3.52. The molecule has 0 unspecified atom stereocenters. The molecule has 0 aliphatic heterocycles. The minimum Gasteiger partial charge on any atom is -1.00 e. The van der Waals surface area contributed by atoms with Crippen LogP contribution in [0.15, 0.2) is 24.5 Å². The quantitative estimate of drug-likeness (QED) is 0.442. The molecule has 0 saturated carbocycles. The summed E-state index contributed by atoms with van der Waals surface area (Å²) in [5.74, 6) is -0.392. The molecule has 60 valence electrons. The van der Waals surface area contributed by atoms with Gasteiger partial charge in [0, 0.05) is 6.07 Å². The van der Waals surface area contributed by atoms with Crippen molar-refractivity contribution in [2.75, 3.05) is 0 Å². The largest absolute Gasteiger partial charge is 1.00 e. The summed E-state index contributed by atoms with van der Waals surface area (Å²) < 4.78 is 1.78. The zero-order chi connectivity index (χ0) is 7.56. The highest BCUT2D eigenvalue weighted by Crippen LogP contribution is 1.89. The summed E-state index contributed by atoms with van der Waals surface area (Å²) >= 11 is 0. The molecule has 3 nitrogen and oxygen atoms in total. The van der Waals surface area contributed by atoms with Gasteiger partial charge in [0.15, 0.2) is 12.4 Å². The number of nitrogens with zero attached hydrogens (tertiary/aromatic N) is 1. The van der Waals surface area contributed by atoms with Gasteiger partial charge in [0.1, 0.15) is 12.6 Å². The number of carbonyl (C=O) groups excluding carboxylic acids is 1. The van der Waals surface area contributed by atoms with E-state index in [1.165, 1.54) is 0 Å². The molecule has 11 heavy (non-hydrogen) atoms. The summed E-state index contributed by atoms with van der Waals surface area (Å²) in [5, 5.41) is 0. The van der Waals surface area contributed by atoms with E-state index in [2.05, 4.69) is 0 Å². The third kappa shape index (κ3) is 2.55. The number of aromatic nitrogens is 1. The first-order valence-corrected chi connectivity index (χ1v) is 2.95. The topological polar surface area (TPSA) is 47.0 Å². The minimum absolute atomic E-state index is 0. The molecule has 1 aromatic heterocycles. The molecule has 0 aliphatic carbocycles. The summed E-state index contributed by atoms with van der Waals surface area (Å²) in [6.45, 7) is 0. The van der Waals surface area contributed by atoms with Crippen molar-refractivity contribution in [3.8, 4) is 0 Å². The van der Waals surface area contributed by atoms with Crippen LogP contribution in [0.1, 0.15) is 10.4 Å². The average Bonchev–Trinajstić information content (AvgIpc) is 1.88. The lowest BCUT2D eigenvalue weighted by Gasteiger charge is -1.89. The monoisotopic (exact) mass is 172 g/mol. The van der Waals surface area contributed by atoms with Gasteiger partial charge in [-0.2, -0.15) is 0 Å². The van der Waals surface area contributed by atoms with Crippen molar-refractivity contribution in [3.05, 3.63) is 30.1 Å². The predicted molar refractivity (Wildman–Crippen MR) is 36.1 cm³/mol. The Hall–Kier alpha value is -1.09. The van der Waals surface area contributed by atoms with Crippen molar-refractivity contribution < 1.29 is 21.8 Å². The molecule has 4 heteroatoms. The van der Waals surface area contributed by atoms with Gasteiger partial charge in [-0.05, 0) is 6.07 Å². The lowest BCUT2D eigenvalue weighted by Crippen LogP contribution is -3.00.